The third-order valence-electron chi connectivity index (χ3n) is 3.01. The molecule has 0 saturated carbocycles. The zero-order chi connectivity index (χ0) is 15.2. The molecule has 0 unspecified atom stereocenters. The van der Waals surface area contributed by atoms with E-state index >= 15 is 0 Å². The number of aryl methyl sites for hydroxylation is 1. The first kappa shape index (κ1) is 15.6. The molecule has 3 nitrogen and oxygen atoms in total. The maximum Gasteiger partial charge on any atom is 0.255 e. The van der Waals surface area contributed by atoms with Gasteiger partial charge in [-0.2, -0.15) is 0 Å². The van der Waals surface area contributed by atoms with Crippen LogP contribution in [0.3, 0.4) is 0 Å². The van der Waals surface area contributed by atoms with E-state index in [9.17, 15) is 4.79 Å². The van der Waals surface area contributed by atoms with Crippen molar-refractivity contribution in [2.75, 3.05) is 11.9 Å². The van der Waals surface area contributed by atoms with Gasteiger partial charge in [-0.25, -0.2) is 0 Å². The van der Waals surface area contributed by atoms with Gasteiger partial charge in [-0.15, -0.1) is 0 Å². The summed E-state index contributed by atoms with van der Waals surface area (Å²) in [4.78, 5) is 12.2. The first-order valence-corrected chi connectivity index (χ1v) is 7.70. The van der Waals surface area contributed by atoms with Gasteiger partial charge in [-0.3, -0.25) is 4.79 Å². The molecular formula is C17H18BrNO2. The predicted octanol–water partition coefficient (Wildman–Crippen LogP) is 4.80. The molecule has 1 amide bonds. The van der Waals surface area contributed by atoms with Crippen LogP contribution in [0.25, 0.3) is 0 Å². The predicted molar refractivity (Wildman–Crippen MR) is 89.1 cm³/mol. The summed E-state index contributed by atoms with van der Waals surface area (Å²) in [6.07, 6.45) is 0.974. The Morgan fingerprint density at radius 3 is 2.52 bits per heavy atom. The zero-order valence-corrected chi connectivity index (χ0v) is 13.7. The molecule has 0 aromatic heterocycles. The summed E-state index contributed by atoms with van der Waals surface area (Å²) in [6.45, 7) is 4.72. The van der Waals surface area contributed by atoms with Gasteiger partial charge in [0.1, 0.15) is 5.75 Å². The molecule has 0 aliphatic carbocycles. The summed E-state index contributed by atoms with van der Waals surface area (Å²) >= 11 is 3.43. The number of halogens is 1. The summed E-state index contributed by atoms with van der Waals surface area (Å²) in [6, 6.07) is 12.9. The maximum atomic E-state index is 12.2. The number of anilines is 1. The molecule has 0 bridgehead atoms. The molecule has 0 atom stereocenters. The second kappa shape index (κ2) is 7.27. The lowest BCUT2D eigenvalue weighted by molar-refractivity contribution is 0.102. The molecule has 0 spiro atoms. The summed E-state index contributed by atoms with van der Waals surface area (Å²) in [5, 5.41) is 2.88. The molecule has 2 aromatic carbocycles. The van der Waals surface area contributed by atoms with E-state index in [1.165, 1.54) is 0 Å². The average Bonchev–Trinajstić information content (AvgIpc) is 2.49. The van der Waals surface area contributed by atoms with Gasteiger partial charge in [-0.1, -0.05) is 22.9 Å². The van der Waals surface area contributed by atoms with Crippen LogP contribution in [0.5, 0.6) is 5.75 Å². The van der Waals surface area contributed by atoms with Crippen molar-refractivity contribution in [1.29, 1.82) is 0 Å². The van der Waals surface area contributed by atoms with Crippen molar-refractivity contribution < 1.29 is 9.53 Å². The van der Waals surface area contributed by atoms with Crippen LogP contribution < -0.4 is 10.1 Å². The van der Waals surface area contributed by atoms with Gasteiger partial charge < -0.3 is 10.1 Å². The number of nitrogens with one attached hydrogen (secondary N) is 1. The number of ether oxygens (including phenoxy) is 1. The van der Waals surface area contributed by atoms with Crippen molar-refractivity contribution >= 4 is 27.5 Å². The van der Waals surface area contributed by atoms with E-state index in [2.05, 4.69) is 28.2 Å². The highest BCUT2D eigenvalue weighted by molar-refractivity contribution is 9.10. The molecule has 0 fully saturated rings. The topological polar surface area (TPSA) is 38.3 Å². The Morgan fingerprint density at radius 2 is 1.90 bits per heavy atom. The Kier molecular flexibility index (Phi) is 5.39. The van der Waals surface area contributed by atoms with Crippen LogP contribution in [0, 0.1) is 6.92 Å². The number of carbonyl (C=O) groups is 1. The third kappa shape index (κ3) is 4.33. The Balaban J connectivity index is 2.03. The molecule has 1 N–H and O–H groups in total. The van der Waals surface area contributed by atoms with Gasteiger partial charge in [0, 0.05) is 15.7 Å². The van der Waals surface area contributed by atoms with Crippen LogP contribution in [0.15, 0.2) is 46.9 Å². The molecule has 0 aliphatic rings. The quantitative estimate of drug-likeness (QED) is 0.843. The Morgan fingerprint density at radius 1 is 1.19 bits per heavy atom. The first-order chi connectivity index (χ1) is 10.1. The van der Waals surface area contributed by atoms with E-state index in [0.29, 0.717) is 12.2 Å². The van der Waals surface area contributed by atoms with Gasteiger partial charge in [-0.05, 0) is 61.4 Å². The lowest BCUT2D eigenvalue weighted by atomic mass is 10.1. The summed E-state index contributed by atoms with van der Waals surface area (Å²) in [7, 11) is 0. The molecule has 110 valence electrons. The van der Waals surface area contributed by atoms with Crippen molar-refractivity contribution in [3.05, 3.63) is 58.1 Å². The van der Waals surface area contributed by atoms with Crippen molar-refractivity contribution in [2.24, 2.45) is 0 Å². The molecule has 0 heterocycles. The van der Waals surface area contributed by atoms with Gasteiger partial charge in [0.15, 0.2) is 0 Å². The second-order valence-corrected chi connectivity index (χ2v) is 5.65. The van der Waals surface area contributed by atoms with Crippen molar-refractivity contribution in [1.82, 2.24) is 0 Å². The van der Waals surface area contributed by atoms with E-state index in [1.54, 1.807) is 6.07 Å². The van der Waals surface area contributed by atoms with Gasteiger partial charge in [0.05, 0.1) is 6.61 Å². The summed E-state index contributed by atoms with van der Waals surface area (Å²) < 4.78 is 6.51. The van der Waals surface area contributed by atoms with Crippen LogP contribution in [-0.2, 0) is 0 Å². The fourth-order valence-electron chi connectivity index (χ4n) is 1.84. The monoisotopic (exact) mass is 347 g/mol. The van der Waals surface area contributed by atoms with Crippen molar-refractivity contribution in [3.8, 4) is 5.75 Å². The van der Waals surface area contributed by atoms with Crippen LogP contribution in [-0.4, -0.2) is 12.5 Å². The highest BCUT2D eigenvalue weighted by Gasteiger charge is 2.07. The second-order valence-electron chi connectivity index (χ2n) is 4.79. The lowest BCUT2D eigenvalue weighted by Gasteiger charge is -2.08. The van der Waals surface area contributed by atoms with Crippen LogP contribution >= 0.6 is 15.9 Å². The average molecular weight is 348 g/mol. The first-order valence-electron chi connectivity index (χ1n) is 6.90. The molecule has 21 heavy (non-hydrogen) atoms. The fourth-order valence-corrected chi connectivity index (χ4v) is 2.09. The fraction of sp³-hybridized carbons (Fsp3) is 0.235. The number of rotatable bonds is 5. The largest absolute Gasteiger partial charge is 0.494 e. The number of carbonyl (C=O) groups excluding carboxylic acids is 1. The normalized spacial score (nSPS) is 10.2. The standard InChI is InChI=1S/C17H18BrNO2/c1-3-10-21-15-7-5-14(6-8-15)19-17(20)13-4-9-16(18)12(2)11-13/h4-9,11H,3,10H2,1-2H3,(H,19,20). The minimum absolute atomic E-state index is 0.118. The highest BCUT2D eigenvalue weighted by Crippen LogP contribution is 2.19. The number of amides is 1. The number of hydrogen-bond acceptors (Lipinski definition) is 2. The van der Waals surface area contributed by atoms with Crippen molar-refractivity contribution in [3.63, 3.8) is 0 Å². The molecule has 0 aliphatic heterocycles. The minimum atomic E-state index is -0.118. The summed E-state index contributed by atoms with van der Waals surface area (Å²) in [5.74, 6) is 0.696. The van der Waals surface area contributed by atoms with Crippen LogP contribution in [0.2, 0.25) is 0 Å². The van der Waals surface area contributed by atoms with E-state index in [-0.39, 0.29) is 5.91 Å². The number of hydrogen-bond donors (Lipinski definition) is 1. The molecular weight excluding hydrogens is 330 g/mol. The van der Waals surface area contributed by atoms with E-state index in [4.69, 9.17) is 4.74 Å². The van der Waals surface area contributed by atoms with E-state index in [1.807, 2.05) is 43.3 Å². The molecule has 2 aromatic rings. The lowest BCUT2D eigenvalue weighted by Crippen LogP contribution is -2.12. The van der Waals surface area contributed by atoms with E-state index in [0.717, 1.165) is 27.9 Å². The maximum absolute atomic E-state index is 12.2. The Hall–Kier alpha value is -1.81. The molecule has 0 radical (unpaired) electrons. The van der Waals surface area contributed by atoms with E-state index < -0.39 is 0 Å². The minimum Gasteiger partial charge on any atom is -0.494 e. The van der Waals surface area contributed by atoms with Crippen LogP contribution in [0.1, 0.15) is 29.3 Å². The Labute approximate surface area is 133 Å². The number of benzene rings is 2. The van der Waals surface area contributed by atoms with Gasteiger partial charge in [0.2, 0.25) is 0 Å². The van der Waals surface area contributed by atoms with Gasteiger partial charge >= 0.3 is 0 Å². The van der Waals surface area contributed by atoms with Crippen molar-refractivity contribution in [2.45, 2.75) is 20.3 Å². The zero-order valence-electron chi connectivity index (χ0n) is 12.2. The van der Waals surface area contributed by atoms with Gasteiger partial charge in [0.25, 0.3) is 5.91 Å². The Bertz CT molecular complexity index is 623. The van der Waals surface area contributed by atoms with Crippen LogP contribution in [0.4, 0.5) is 5.69 Å². The third-order valence-corrected chi connectivity index (χ3v) is 3.89. The summed E-state index contributed by atoms with van der Waals surface area (Å²) in [5.41, 5.74) is 2.43. The SMILES string of the molecule is CCCOc1ccc(NC(=O)c2ccc(Br)c(C)c2)cc1. The molecule has 2 rings (SSSR count). The molecule has 0 saturated heterocycles. The highest BCUT2D eigenvalue weighted by atomic mass is 79.9. The molecule has 4 heteroatoms. The smallest absolute Gasteiger partial charge is 0.255 e.